The standard InChI is InChI=1S/C18H27NO5/c1-19(18(21)11-14-6-4-5-9-24-14)12-15(20)13-7-8-16(22-2)17(10-13)23-3/h7-8,10,14-15,20H,4-6,9,11-12H2,1-3H3. The smallest absolute Gasteiger partial charge is 0.225 e. The lowest BCUT2D eigenvalue weighted by molar-refractivity contribution is -0.135. The monoisotopic (exact) mass is 337 g/mol. The normalized spacial score (nSPS) is 18.8. The van der Waals surface area contributed by atoms with Crippen molar-refractivity contribution < 1.29 is 24.1 Å². The highest BCUT2D eigenvalue weighted by Crippen LogP contribution is 2.30. The van der Waals surface area contributed by atoms with Crippen LogP contribution in [0.1, 0.15) is 37.4 Å². The fourth-order valence-electron chi connectivity index (χ4n) is 2.85. The van der Waals surface area contributed by atoms with Crippen molar-refractivity contribution >= 4 is 5.91 Å². The number of aliphatic hydroxyl groups excluding tert-OH is 1. The predicted octanol–water partition coefficient (Wildman–Crippen LogP) is 2.15. The largest absolute Gasteiger partial charge is 0.493 e. The minimum atomic E-state index is -0.786. The first-order valence-electron chi connectivity index (χ1n) is 8.30. The van der Waals surface area contributed by atoms with Gasteiger partial charge in [0.05, 0.1) is 39.4 Å². The summed E-state index contributed by atoms with van der Waals surface area (Å²) in [5.41, 5.74) is 0.682. The van der Waals surface area contributed by atoms with Crippen molar-refractivity contribution in [1.29, 1.82) is 0 Å². The Bertz CT molecular complexity index is 542. The van der Waals surface area contributed by atoms with Gasteiger partial charge < -0.3 is 24.2 Å². The van der Waals surface area contributed by atoms with Crippen molar-refractivity contribution in [3.63, 3.8) is 0 Å². The van der Waals surface area contributed by atoms with Crippen LogP contribution in [0.3, 0.4) is 0 Å². The van der Waals surface area contributed by atoms with E-state index in [9.17, 15) is 9.90 Å². The summed E-state index contributed by atoms with van der Waals surface area (Å²) >= 11 is 0. The van der Waals surface area contributed by atoms with Crippen molar-refractivity contribution in [1.82, 2.24) is 4.90 Å². The Balaban J connectivity index is 1.92. The topological polar surface area (TPSA) is 68.2 Å². The van der Waals surface area contributed by atoms with Crippen LogP contribution in [-0.4, -0.2) is 56.4 Å². The van der Waals surface area contributed by atoms with E-state index in [1.165, 1.54) is 0 Å². The van der Waals surface area contributed by atoms with E-state index in [4.69, 9.17) is 14.2 Å². The summed E-state index contributed by atoms with van der Waals surface area (Å²) in [6.07, 6.45) is 2.69. The first-order valence-corrected chi connectivity index (χ1v) is 8.30. The average Bonchev–Trinajstić information content (AvgIpc) is 2.61. The molecule has 1 aromatic rings. The summed E-state index contributed by atoms with van der Waals surface area (Å²) < 4.78 is 16.0. The van der Waals surface area contributed by atoms with Gasteiger partial charge >= 0.3 is 0 Å². The molecule has 0 aliphatic carbocycles. The maximum Gasteiger partial charge on any atom is 0.225 e. The van der Waals surface area contributed by atoms with E-state index in [1.807, 2.05) is 0 Å². The van der Waals surface area contributed by atoms with Crippen LogP contribution < -0.4 is 9.47 Å². The zero-order valence-corrected chi connectivity index (χ0v) is 14.7. The molecule has 0 radical (unpaired) electrons. The molecule has 2 atom stereocenters. The van der Waals surface area contributed by atoms with E-state index in [-0.39, 0.29) is 18.6 Å². The van der Waals surface area contributed by atoms with Gasteiger partial charge in [-0.1, -0.05) is 6.07 Å². The third-order valence-corrected chi connectivity index (χ3v) is 4.34. The Labute approximate surface area is 143 Å². The number of rotatable bonds is 7. The maximum absolute atomic E-state index is 12.3. The van der Waals surface area contributed by atoms with Crippen molar-refractivity contribution in [3.05, 3.63) is 23.8 Å². The number of hydrogen-bond acceptors (Lipinski definition) is 5. The van der Waals surface area contributed by atoms with Gasteiger partial charge in [-0.2, -0.15) is 0 Å². The number of methoxy groups -OCH3 is 2. The number of carbonyl (C=O) groups excluding carboxylic acids is 1. The summed E-state index contributed by atoms with van der Waals surface area (Å²) in [7, 11) is 4.82. The minimum Gasteiger partial charge on any atom is -0.493 e. The van der Waals surface area contributed by atoms with E-state index in [1.54, 1.807) is 44.4 Å². The fraction of sp³-hybridized carbons (Fsp3) is 0.611. The number of ether oxygens (including phenoxy) is 3. The molecule has 1 aliphatic heterocycles. The molecule has 1 N–H and O–H groups in total. The second-order valence-electron chi connectivity index (χ2n) is 6.10. The SMILES string of the molecule is COc1ccc(C(O)CN(C)C(=O)CC2CCCCO2)cc1OC. The molecular formula is C18H27NO5. The molecule has 0 aromatic heterocycles. The first-order chi connectivity index (χ1) is 11.5. The number of hydrogen-bond donors (Lipinski definition) is 1. The number of benzene rings is 1. The van der Waals surface area contributed by atoms with Crippen LogP contribution in [-0.2, 0) is 9.53 Å². The quantitative estimate of drug-likeness (QED) is 0.826. The van der Waals surface area contributed by atoms with Crippen LogP contribution in [0.5, 0.6) is 11.5 Å². The van der Waals surface area contributed by atoms with Crippen LogP contribution >= 0.6 is 0 Å². The lowest BCUT2D eigenvalue weighted by Crippen LogP contribution is -2.34. The van der Waals surface area contributed by atoms with Gasteiger partial charge in [0.25, 0.3) is 0 Å². The van der Waals surface area contributed by atoms with E-state index in [0.717, 1.165) is 25.9 Å². The second-order valence-corrected chi connectivity index (χ2v) is 6.10. The van der Waals surface area contributed by atoms with Gasteiger partial charge in [-0.15, -0.1) is 0 Å². The summed E-state index contributed by atoms with van der Waals surface area (Å²) in [4.78, 5) is 13.8. The third-order valence-electron chi connectivity index (χ3n) is 4.34. The van der Waals surface area contributed by atoms with Gasteiger partial charge in [0, 0.05) is 13.7 Å². The number of nitrogens with zero attached hydrogens (tertiary/aromatic N) is 1. The predicted molar refractivity (Wildman–Crippen MR) is 90.4 cm³/mol. The van der Waals surface area contributed by atoms with E-state index < -0.39 is 6.10 Å². The number of likely N-dealkylation sites (N-methyl/N-ethyl adjacent to an activating group) is 1. The Morgan fingerprint density at radius 2 is 2.08 bits per heavy atom. The molecule has 6 nitrogen and oxygen atoms in total. The van der Waals surface area contributed by atoms with Crippen molar-refractivity contribution in [2.45, 2.75) is 37.9 Å². The highest BCUT2D eigenvalue weighted by molar-refractivity contribution is 5.76. The Hall–Kier alpha value is -1.79. The van der Waals surface area contributed by atoms with Gasteiger partial charge in [0.15, 0.2) is 11.5 Å². The van der Waals surface area contributed by atoms with E-state index >= 15 is 0 Å². The lowest BCUT2D eigenvalue weighted by Gasteiger charge is -2.26. The Kier molecular flexibility index (Phi) is 6.87. The van der Waals surface area contributed by atoms with Gasteiger partial charge in [-0.25, -0.2) is 0 Å². The van der Waals surface area contributed by atoms with Crippen LogP contribution in [0.15, 0.2) is 18.2 Å². The Morgan fingerprint density at radius 3 is 2.71 bits per heavy atom. The number of amides is 1. The second kappa shape index (κ2) is 8.89. The molecule has 1 fully saturated rings. The highest BCUT2D eigenvalue weighted by Gasteiger charge is 2.22. The van der Waals surface area contributed by atoms with Gasteiger partial charge in [0.2, 0.25) is 5.91 Å². The van der Waals surface area contributed by atoms with Gasteiger partial charge in [-0.3, -0.25) is 4.79 Å². The maximum atomic E-state index is 12.3. The first kappa shape index (κ1) is 18.5. The summed E-state index contributed by atoms with van der Waals surface area (Å²) in [5, 5.41) is 10.4. The number of aliphatic hydroxyl groups is 1. The zero-order chi connectivity index (χ0) is 17.5. The van der Waals surface area contributed by atoms with Crippen molar-refractivity contribution in [3.8, 4) is 11.5 Å². The van der Waals surface area contributed by atoms with E-state index in [0.29, 0.717) is 23.5 Å². The molecule has 24 heavy (non-hydrogen) atoms. The molecule has 0 spiro atoms. The molecule has 134 valence electrons. The summed E-state index contributed by atoms with van der Waals surface area (Å²) in [5.74, 6) is 1.15. The molecule has 1 heterocycles. The molecule has 2 unspecified atom stereocenters. The van der Waals surface area contributed by atoms with Gasteiger partial charge in [-0.05, 0) is 37.0 Å². The molecule has 0 saturated carbocycles. The van der Waals surface area contributed by atoms with Gasteiger partial charge in [0.1, 0.15) is 0 Å². The van der Waals surface area contributed by atoms with Crippen LogP contribution in [0.2, 0.25) is 0 Å². The van der Waals surface area contributed by atoms with Crippen molar-refractivity contribution in [2.75, 3.05) is 34.4 Å². The fourth-order valence-corrected chi connectivity index (χ4v) is 2.85. The molecule has 1 aromatic carbocycles. The molecule has 0 bridgehead atoms. The van der Waals surface area contributed by atoms with E-state index in [2.05, 4.69) is 0 Å². The molecular weight excluding hydrogens is 310 g/mol. The van der Waals surface area contributed by atoms with Crippen molar-refractivity contribution in [2.24, 2.45) is 0 Å². The zero-order valence-electron chi connectivity index (χ0n) is 14.7. The minimum absolute atomic E-state index is 0.00641. The molecule has 1 amide bonds. The number of carbonyl (C=O) groups is 1. The highest BCUT2D eigenvalue weighted by atomic mass is 16.5. The third kappa shape index (κ3) is 4.85. The van der Waals surface area contributed by atoms with Crippen LogP contribution in [0, 0.1) is 0 Å². The molecule has 2 rings (SSSR count). The Morgan fingerprint density at radius 1 is 1.33 bits per heavy atom. The summed E-state index contributed by atoms with van der Waals surface area (Å²) in [6, 6.07) is 5.25. The molecule has 1 saturated heterocycles. The molecule has 1 aliphatic rings. The van der Waals surface area contributed by atoms with Crippen LogP contribution in [0.4, 0.5) is 0 Å². The average molecular weight is 337 g/mol. The van der Waals surface area contributed by atoms with Crippen LogP contribution in [0.25, 0.3) is 0 Å². The lowest BCUT2D eigenvalue weighted by atomic mass is 10.1. The molecule has 6 heteroatoms. The summed E-state index contributed by atoms with van der Waals surface area (Å²) in [6.45, 7) is 0.955.